The predicted octanol–water partition coefficient (Wildman–Crippen LogP) is 3.74. The Labute approximate surface area is 110 Å². The van der Waals surface area contributed by atoms with Gasteiger partial charge in [0.25, 0.3) is 0 Å². The van der Waals surface area contributed by atoms with Gasteiger partial charge in [-0.15, -0.1) is 0 Å². The number of hydrogen-bond donors (Lipinski definition) is 2. The van der Waals surface area contributed by atoms with Gasteiger partial charge in [0.2, 0.25) is 5.91 Å². The van der Waals surface area contributed by atoms with Crippen LogP contribution in [0.1, 0.15) is 34.1 Å². The topological polar surface area (TPSA) is 41.1 Å². The molecule has 18 heavy (non-hydrogen) atoms. The summed E-state index contributed by atoms with van der Waals surface area (Å²) in [6.45, 7) is 9.18. The molecule has 0 bridgehead atoms. The Kier molecular flexibility index (Phi) is 5.69. The van der Waals surface area contributed by atoms with Crippen molar-refractivity contribution in [3.05, 3.63) is 24.3 Å². The number of hydrogen-bond acceptors (Lipinski definition) is 2. The first-order chi connectivity index (χ1) is 8.49. The van der Waals surface area contributed by atoms with Crippen LogP contribution in [0, 0.1) is 11.8 Å². The average molecular weight is 248 g/mol. The summed E-state index contributed by atoms with van der Waals surface area (Å²) in [7, 11) is 0. The lowest BCUT2D eigenvalue weighted by Gasteiger charge is -2.10. The minimum absolute atomic E-state index is 0.00819. The molecule has 0 aliphatic heterocycles. The van der Waals surface area contributed by atoms with Gasteiger partial charge in [-0.25, -0.2) is 0 Å². The molecule has 3 heteroatoms. The summed E-state index contributed by atoms with van der Waals surface area (Å²) in [6, 6.07) is 7.85. The SMILES string of the molecule is CC(C)CCNc1ccc(NC(=O)C(C)C)cc1. The van der Waals surface area contributed by atoms with Crippen LogP contribution in [0.15, 0.2) is 24.3 Å². The van der Waals surface area contributed by atoms with Crippen LogP contribution in [0.4, 0.5) is 11.4 Å². The molecule has 3 nitrogen and oxygen atoms in total. The Morgan fingerprint density at radius 2 is 1.61 bits per heavy atom. The van der Waals surface area contributed by atoms with E-state index >= 15 is 0 Å². The fourth-order valence-electron chi connectivity index (χ4n) is 1.46. The van der Waals surface area contributed by atoms with E-state index in [1.54, 1.807) is 0 Å². The Balaban J connectivity index is 2.45. The van der Waals surface area contributed by atoms with Crippen molar-refractivity contribution in [3.8, 4) is 0 Å². The third-order valence-electron chi connectivity index (χ3n) is 2.73. The summed E-state index contributed by atoms with van der Waals surface area (Å²) in [5, 5.41) is 6.24. The Bertz CT molecular complexity index is 369. The zero-order chi connectivity index (χ0) is 13.5. The van der Waals surface area contributed by atoms with Crippen LogP contribution in [0.5, 0.6) is 0 Å². The third kappa shape index (κ3) is 5.21. The number of rotatable bonds is 6. The van der Waals surface area contributed by atoms with Gasteiger partial charge in [-0.2, -0.15) is 0 Å². The van der Waals surface area contributed by atoms with Gasteiger partial charge in [0.05, 0.1) is 0 Å². The lowest BCUT2D eigenvalue weighted by atomic mass is 10.1. The Morgan fingerprint density at radius 1 is 1.06 bits per heavy atom. The molecule has 0 aliphatic carbocycles. The van der Waals surface area contributed by atoms with Crippen molar-refractivity contribution in [2.75, 3.05) is 17.2 Å². The maximum Gasteiger partial charge on any atom is 0.226 e. The van der Waals surface area contributed by atoms with Crippen LogP contribution in [0.2, 0.25) is 0 Å². The molecule has 0 radical (unpaired) electrons. The van der Waals surface area contributed by atoms with E-state index in [9.17, 15) is 4.79 Å². The average Bonchev–Trinajstić information content (AvgIpc) is 2.30. The second kappa shape index (κ2) is 7.04. The fraction of sp³-hybridized carbons (Fsp3) is 0.533. The maximum absolute atomic E-state index is 11.5. The van der Waals surface area contributed by atoms with Crippen LogP contribution in [-0.4, -0.2) is 12.5 Å². The van der Waals surface area contributed by atoms with E-state index < -0.39 is 0 Å². The van der Waals surface area contributed by atoms with Crippen molar-refractivity contribution in [1.29, 1.82) is 0 Å². The molecule has 1 aromatic carbocycles. The van der Waals surface area contributed by atoms with Gasteiger partial charge in [-0.3, -0.25) is 4.79 Å². The number of anilines is 2. The zero-order valence-electron chi connectivity index (χ0n) is 11.8. The molecular formula is C15H24N2O. The van der Waals surface area contributed by atoms with Crippen molar-refractivity contribution < 1.29 is 4.79 Å². The third-order valence-corrected chi connectivity index (χ3v) is 2.73. The minimum atomic E-state index is 0.00819. The number of carbonyl (C=O) groups excluding carboxylic acids is 1. The molecule has 0 heterocycles. The second-order valence-electron chi connectivity index (χ2n) is 5.33. The molecule has 100 valence electrons. The highest BCUT2D eigenvalue weighted by molar-refractivity contribution is 5.92. The fourth-order valence-corrected chi connectivity index (χ4v) is 1.46. The maximum atomic E-state index is 11.5. The standard InChI is InChI=1S/C15H24N2O/c1-11(2)9-10-16-13-5-7-14(8-6-13)17-15(18)12(3)4/h5-8,11-12,16H,9-10H2,1-4H3,(H,17,18). The van der Waals surface area contributed by atoms with Crippen LogP contribution >= 0.6 is 0 Å². The van der Waals surface area contributed by atoms with Crippen LogP contribution in [0.3, 0.4) is 0 Å². The number of amides is 1. The van der Waals surface area contributed by atoms with Crippen molar-refractivity contribution >= 4 is 17.3 Å². The number of carbonyl (C=O) groups is 1. The summed E-state index contributed by atoms with van der Waals surface area (Å²) in [4.78, 5) is 11.5. The van der Waals surface area contributed by atoms with Gasteiger partial charge in [0.1, 0.15) is 0 Å². The molecule has 1 rings (SSSR count). The highest BCUT2D eigenvalue weighted by atomic mass is 16.1. The summed E-state index contributed by atoms with van der Waals surface area (Å²) in [6.07, 6.45) is 1.16. The molecule has 1 amide bonds. The molecule has 0 saturated heterocycles. The summed E-state index contributed by atoms with van der Waals surface area (Å²) in [5.41, 5.74) is 1.95. The molecular weight excluding hydrogens is 224 g/mol. The molecule has 1 aromatic rings. The van der Waals surface area contributed by atoms with Crippen LogP contribution in [0.25, 0.3) is 0 Å². The first-order valence-electron chi connectivity index (χ1n) is 6.64. The van der Waals surface area contributed by atoms with Gasteiger partial charge in [0.15, 0.2) is 0 Å². The van der Waals surface area contributed by atoms with E-state index in [1.165, 1.54) is 0 Å². The Morgan fingerprint density at radius 3 is 2.11 bits per heavy atom. The largest absolute Gasteiger partial charge is 0.385 e. The summed E-state index contributed by atoms with van der Waals surface area (Å²) >= 11 is 0. The Hall–Kier alpha value is -1.51. The molecule has 0 atom stereocenters. The molecule has 0 spiro atoms. The van der Waals surface area contributed by atoms with E-state index in [0.717, 1.165) is 24.3 Å². The first kappa shape index (κ1) is 14.6. The van der Waals surface area contributed by atoms with Crippen LogP contribution in [-0.2, 0) is 4.79 Å². The molecule has 0 aliphatic rings. The smallest absolute Gasteiger partial charge is 0.226 e. The second-order valence-corrected chi connectivity index (χ2v) is 5.33. The highest BCUT2D eigenvalue weighted by Crippen LogP contribution is 2.14. The minimum Gasteiger partial charge on any atom is -0.385 e. The molecule has 0 fully saturated rings. The van der Waals surface area contributed by atoms with Gasteiger partial charge in [0, 0.05) is 23.8 Å². The van der Waals surface area contributed by atoms with Crippen molar-refractivity contribution in [2.24, 2.45) is 11.8 Å². The molecule has 2 N–H and O–H groups in total. The van der Waals surface area contributed by atoms with Gasteiger partial charge >= 0.3 is 0 Å². The summed E-state index contributed by atoms with van der Waals surface area (Å²) in [5.74, 6) is 0.770. The zero-order valence-corrected chi connectivity index (χ0v) is 11.8. The number of nitrogens with one attached hydrogen (secondary N) is 2. The first-order valence-corrected chi connectivity index (χ1v) is 6.64. The number of benzene rings is 1. The van der Waals surface area contributed by atoms with E-state index in [2.05, 4.69) is 24.5 Å². The van der Waals surface area contributed by atoms with Gasteiger partial charge in [-0.05, 0) is 36.6 Å². The van der Waals surface area contributed by atoms with Crippen molar-refractivity contribution in [1.82, 2.24) is 0 Å². The van der Waals surface area contributed by atoms with Crippen molar-refractivity contribution in [3.63, 3.8) is 0 Å². The molecule has 0 aromatic heterocycles. The van der Waals surface area contributed by atoms with Gasteiger partial charge in [-0.1, -0.05) is 27.7 Å². The monoisotopic (exact) mass is 248 g/mol. The quantitative estimate of drug-likeness (QED) is 0.805. The van der Waals surface area contributed by atoms with E-state index in [0.29, 0.717) is 5.92 Å². The molecule has 0 saturated carbocycles. The van der Waals surface area contributed by atoms with Crippen LogP contribution < -0.4 is 10.6 Å². The van der Waals surface area contributed by atoms with Crippen molar-refractivity contribution in [2.45, 2.75) is 34.1 Å². The van der Waals surface area contributed by atoms with E-state index in [1.807, 2.05) is 38.1 Å². The molecule has 0 unspecified atom stereocenters. The van der Waals surface area contributed by atoms with E-state index in [-0.39, 0.29) is 11.8 Å². The summed E-state index contributed by atoms with van der Waals surface area (Å²) < 4.78 is 0. The highest BCUT2D eigenvalue weighted by Gasteiger charge is 2.06. The van der Waals surface area contributed by atoms with E-state index in [4.69, 9.17) is 0 Å². The normalized spacial score (nSPS) is 10.8. The lowest BCUT2D eigenvalue weighted by Crippen LogP contribution is -2.17. The van der Waals surface area contributed by atoms with Gasteiger partial charge < -0.3 is 10.6 Å². The predicted molar refractivity (Wildman–Crippen MR) is 77.9 cm³/mol. The lowest BCUT2D eigenvalue weighted by molar-refractivity contribution is -0.118.